The van der Waals surface area contributed by atoms with Crippen LogP contribution in [0, 0.1) is 6.07 Å². The van der Waals surface area contributed by atoms with Gasteiger partial charge in [-0.15, -0.1) is 11.5 Å². The Morgan fingerprint density at radius 3 is 2.33 bits per heavy atom. The Morgan fingerprint density at radius 1 is 0.733 bits per heavy atom. The summed E-state index contributed by atoms with van der Waals surface area (Å²) >= 11 is 0. The van der Waals surface area contributed by atoms with Crippen molar-refractivity contribution in [2.24, 2.45) is 0 Å². The zero-order valence-corrected chi connectivity index (χ0v) is 27.2. The van der Waals surface area contributed by atoms with Crippen molar-refractivity contribution in [3.8, 4) is 28.9 Å². The van der Waals surface area contributed by atoms with Crippen molar-refractivity contribution in [3.63, 3.8) is 0 Å². The van der Waals surface area contributed by atoms with Gasteiger partial charge in [0.15, 0.2) is 5.65 Å². The van der Waals surface area contributed by atoms with Crippen molar-refractivity contribution >= 4 is 43.7 Å². The minimum Gasteiger partial charge on any atom is -0.517 e. The molecule has 4 aromatic heterocycles. The summed E-state index contributed by atoms with van der Waals surface area (Å²) in [5.74, 6) is 1.96. The SMILES string of the molecule is CC(C)(C)c1ccnc(-n2c3ccccc3c3ccc(Oc4[c-]c5c6c(O)cccc6n(-c6ccccc6)c5cc4)nc32)c1.[Pt]. The molecule has 0 amide bonds. The van der Waals surface area contributed by atoms with Crippen LogP contribution < -0.4 is 4.74 Å². The third-order valence-electron chi connectivity index (χ3n) is 8.22. The Balaban J connectivity index is 0.00000325. The molecule has 8 rings (SSSR count). The van der Waals surface area contributed by atoms with E-state index in [0.29, 0.717) is 11.6 Å². The monoisotopic (exact) mass is 768 g/mol. The summed E-state index contributed by atoms with van der Waals surface area (Å²) in [7, 11) is 0. The maximum absolute atomic E-state index is 10.9. The molecule has 0 spiro atoms. The minimum atomic E-state index is -0.0231. The van der Waals surface area contributed by atoms with Crippen LogP contribution >= 0.6 is 0 Å². The smallest absolute Gasteiger partial charge is 0.219 e. The number of rotatable bonds is 4. The first-order valence-electron chi connectivity index (χ1n) is 14.7. The van der Waals surface area contributed by atoms with E-state index >= 15 is 0 Å². The molecule has 0 atom stereocenters. The van der Waals surface area contributed by atoms with Crippen LogP contribution in [0.15, 0.2) is 115 Å². The standard InChI is InChI=1S/C38H29N4O2.Pt/c1-38(2,3)24-20-21-39-34(22-24)42-30-13-8-7-12-27(30)28-17-19-35(40-37(28)42)44-26-16-18-31-29(23-26)36-32(14-9-15-33(36)43)41(31)25-10-5-4-6-11-25;/h4-22,43H,1-3H3;/q-1;. The number of nitrogens with zero attached hydrogens (tertiary/aromatic N) is 4. The maximum Gasteiger partial charge on any atom is 0.219 e. The summed E-state index contributed by atoms with van der Waals surface area (Å²) in [4.78, 5) is 9.77. The number of phenols is 1. The Hall–Kier alpha value is -4.93. The van der Waals surface area contributed by atoms with E-state index in [1.54, 1.807) is 6.07 Å². The second-order valence-electron chi connectivity index (χ2n) is 12.1. The summed E-state index contributed by atoms with van der Waals surface area (Å²) < 4.78 is 10.6. The molecule has 45 heavy (non-hydrogen) atoms. The van der Waals surface area contributed by atoms with E-state index in [-0.39, 0.29) is 32.2 Å². The fraction of sp³-hybridized carbons (Fsp3) is 0.105. The number of phenolic OH excluding ortho intramolecular Hbond substituents is 1. The van der Waals surface area contributed by atoms with Gasteiger partial charge in [-0.3, -0.25) is 4.57 Å². The van der Waals surface area contributed by atoms with Gasteiger partial charge in [-0.05, 0) is 70.4 Å². The second-order valence-corrected chi connectivity index (χ2v) is 12.1. The van der Waals surface area contributed by atoms with E-state index in [2.05, 4.69) is 78.4 Å². The van der Waals surface area contributed by atoms with Gasteiger partial charge in [0.25, 0.3) is 0 Å². The number of pyridine rings is 2. The van der Waals surface area contributed by atoms with Crippen LogP contribution in [0.3, 0.4) is 0 Å². The molecule has 0 aliphatic carbocycles. The van der Waals surface area contributed by atoms with Gasteiger partial charge in [0.1, 0.15) is 5.82 Å². The number of para-hydroxylation sites is 2. The van der Waals surface area contributed by atoms with Crippen molar-refractivity contribution in [1.82, 2.24) is 19.1 Å². The molecule has 0 radical (unpaired) electrons. The maximum atomic E-state index is 10.9. The van der Waals surface area contributed by atoms with Crippen LogP contribution in [0.4, 0.5) is 0 Å². The van der Waals surface area contributed by atoms with Crippen molar-refractivity contribution in [1.29, 1.82) is 0 Å². The minimum absolute atomic E-state index is 0. The summed E-state index contributed by atoms with van der Waals surface area (Å²) in [6.45, 7) is 6.60. The molecule has 7 heteroatoms. The number of hydrogen-bond acceptors (Lipinski definition) is 4. The van der Waals surface area contributed by atoms with Gasteiger partial charge >= 0.3 is 0 Å². The van der Waals surface area contributed by atoms with E-state index < -0.39 is 0 Å². The van der Waals surface area contributed by atoms with E-state index in [0.717, 1.165) is 55.2 Å². The van der Waals surface area contributed by atoms with Crippen LogP contribution in [0.25, 0.3) is 55.2 Å². The molecule has 0 unspecified atom stereocenters. The zero-order valence-electron chi connectivity index (χ0n) is 24.9. The average molecular weight is 769 g/mol. The van der Waals surface area contributed by atoms with Crippen molar-refractivity contribution < 1.29 is 30.9 Å². The molecule has 8 aromatic rings. The Kier molecular flexibility index (Phi) is 6.98. The molecule has 4 aromatic carbocycles. The number of fused-ring (bicyclic) bond motifs is 6. The van der Waals surface area contributed by atoms with Gasteiger partial charge in [-0.2, -0.15) is 4.98 Å². The normalized spacial score (nSPS) is 11.8. The number of benzene rings is 4. The molecule has 0 saturated carbocycles. The van der Waals surface area contributed by atoms with Crippen molar-refractivity contribution in [2.75, 3.05) is 0 Å². The molecule has 0 aliphatic rings. The average Bonchev–Trinajstić information content (AvgIpc) is 3.54. The van der Waals surface area contributed by atoms with E-state index in [1.807, 2.05) is 66.9 Å². The summed E-state index contributed by atoms with van der Waals surface area (Å²) in [6, 6.07) is 39.4. The fourth-order valence-corrected chi connectivity index (χ4v) is 6.09. The number of ether oxygens (including phenoxy) is 1. The van der Waals surface area contributed by atoms with Crippen LogP contribution in [-0.4, -0.2) is 24.2 Å². The van der Waals surface area contributed by atoms with Crippen LogP contribution in [-0.2, 0) is 26.5 Å². The molecule has 6 nitrogen and oxygen atoms in total. The van der Waals surface area contributed by atoms with E-state index in [1.165, 1.54) is 5.56 Å². The quantitative estimate of drug-likeness (QED) is 0.182. The summed E-state index contributed by atoms with van der Waals surface area (Å²) in [6.07, 6.45) is 1.86. The largest absolute Gasteiger partial charge is 0.517 e. The third-order valence-corrected chi connectivity index (χ3v) is 8.22. The fourth-order valence-electron chi connectivity index (χ4n) is 6.09. The predicted octanol–water partition coefficient (Wildman–Crippen LogP) is 9.26. The molecular formula is C38H29N4O2Pt-. The Bertz CT molecular complexity index is 2370. The van der Waals surface area contributed by atoms with Crippen molar-refractivity contribution in [3.05, 3.63) is 127 Å². The first-order chi connectivity index (χ1) is 21.4. The van der Waals surface area contributed by atoms with Crippen molar-refractivity contribution in [2.45, 2.75) is 26.2 Å². The molecule has 0 saturated heterocycles. The van der Waals surface area contributed by atoms with E-state index in [4.69, 9.17) is 14.7 Å². The molecule has 224 valence electrons. The topological polar surface area (TPSA) is 65.1 Å². The molecule has 1 N–H and O–H groups in total. The van der Waals surface area contributed by atoms with E-state index in [9.17, 15) is 5.11 Å². The molecule has 0 aliphatic heterocycles. The van der Waals surface area contributed by atoms with Crippen LogP contribution in [0.1, 0.15) is 26.3 Å². The van der Waals surface area contributed by atoms with Gasteiger partial charge < -0.3 is 14.4 Å². The van der Waals surface area contributed by atoms with Gasteiger partial charge in [-0.1, -0.05) is 75.4 Å². The first-order valence-corrected chi connectivity index (χ1v) is 14.7. The summed E-state index contributed by atoms with van der Waals surface area (Å²) in [5, 5.41) is 14.5. The predicted molar refractivity (Wildman–Crippen MR) is 176 cm³/mol. The summed E-state index contributed by atoms with van der Waals surface area (Å²) in [5.41, 5.74) is 5.79. The van der Waals surface area contributed by atoms with Gasteiger partial charge in [0, 0.05) is 61.1 Å². The molecule has 0 bridgehead atoms. The molecule has 0 fully saturated rings. The second kappa shape index (κ2) is 10.9. The van der Waals surface area contributed by atoms with Crippen LogP contribution in [0.5, 0.6) is 17.4 Å². The van der Waals surface area contributed by atoms with Crippen LogP contribution in [0.2, 0.25) is 0 Å². The first kappa shape index (κ1) is 28.8. The van der Waals surface area contributed by atoms with Gasteiger partial charge in [0.05, 0.1) is 11.3 Å². The number of aromatic nitrogens is 4. The number of hydrogen-bond donors (Lipinski definition) is 1. The van der Waals surface area contributed by atoms with Gasteiger partial charge in [0.2, 0.25) is 5.88 Å². The van der Waals surface area contributed by atoms with Gasteiger partial charge in [-0.25, -0.2) is 4.98 Å². The molecular weight excluding hydrogens is 740 g/mol. The number of aromatic hydroxyl groups is 1. The third kappa shape index (κ3) is 4.77. The molecule has 4 heterocycles. The Labute approximate surface area is 274 Å². The zero-order chi connectivity index (χ0) is 30.0. The Morgan fingerprint density at radius 2 is 1.51 bits per heavy atom.